The molecule has 0 N–H and O–H groups in total. The summed E-state index contributed by atoms with van der Waals surface area (Å²) in [6.07, 6.45) is 1.05. The van der Waals surface area contributed by atoms with Crippen LogP contribution in [0, 0.1) is 6.07 Å². The summed E-state index contributed by atoms with van der Waals surface area (Å²) in [5.41, 5.74) is 1.65. The van der Waals surface area contributed by atoms with Gasteiger partial charge in [0.25, 0.3) is 0 Å². The van der Waals surface area contributed by atoms with Crippen molar-refractivity contribution in [2.45, 2.75) is 19.4 Å². The highest BCUT2D eigenvalue weighted by Gasteiger charge is 2.21. The molecule has 0 fully saturated rings. The van der Waals surface area contributed by atoms with Gasteiger partial charge in [0, 0.05) is 5.69 Å². The molecule has 1 amide bonds. The van der Waals surface area contributed by atoms with Gasteiger partial charge < -0.3 is 9.69 Å². The van der Waals surface area contributed by atoms with Gasteiger partial charge in [-0.3, -0.25) is 4.79 Å². The second-order valence-corrected chi connectivity index (χ2v) is 4.56. The van der Waals surface area contributed by atoms with Crippen LogP contribution in [0.3, 0.4) is 0 Å². The third-order valence-electron chi connectivity index (χ3n) is 3.05. The molecule has 0 bridgehead atoms. The first-order valence-electron chi connectivity index (χ1n) is 6.50. The molecule has 0 aliphatic rings. The summed E-state index contributed by atoms with van der Waals surface area (Å²) in [6.45, 7) is 1.71. The fraction of sp³-hybridized carbons (Fsp3) is 0.176. The van der Waals surface area contributed by atoms with E-state index in [0.717, 1.165) is 11.8 Å². The van der Waals surface area contributed by atoms with E-state index in [2.05, 4.69) is 6.07 Å². The minimum Gasteiger partial charge on any atom is -0.302 e. The molecule has 0 unspecified atom stereocenters. The first kappa shape index (κ1) is 14.0. The molecule has 2 aromatic carbocycles. The van der Waals surface area contributed by atoms with Crippen molar-refractivity contribution in [2.75, 3.05) is 4.90 Å². The zero-order valence-electron chi connectivity index (χ0n) is 11.3. The van der Waals surface area contributed by atoms with Crippen LogP contribution in [-0.4, -0.2) is 18.2 Å². The molecular weight excluding hydrogens is 250 g/mol. The van der Waals surface area contributed by atoms with E-state index in [9.17, 15) is 9.59 Å². The zero-order chi connectivity index (χ0) is 14.4. The van der Waals surface area contributed by atoms with Crippen LogP contribution in [0.25, 0.3) is 0 Å². The highest BCUT2D eigenvalue weighted by Crippen LogP contribution is 2.17. The molecule has 2 rings (SSSR count). The average Bonchev–Trinajstić information content (AvgIpc) is 2.49. The van der Waals surface area contributed by atoms with Gasteiger partial charge in [0.05, 0.1) is 12.5 Å². The molecule has 3 heteroatoms. The molecule has 0 aliphatic carbocycles. The lowest BCUT2D eigenvalue weighted by Gasteiger charge is -2.26. The molecule has 1 radical (unpaired) electrons. The topological polar surface area (TPSA) is 37.4 Å². The molecule has 0 spiro atoms. The lowest BCUT2D eigenvalue weighted by atomic mass is 10.1. The Morgan fingerprint density at radius 3 is 2.45 bits per heavy atom. The van der Waals surface area contributed by atoms with Crippen molar-refractivity contribution < 1.29 is 9.59 Å². The van der Waals surface area contributed by atoms with Crippen LogP contribution in [0.2, 0.25) is 0 Å². The summed E-state index contributed by atoms with van der Waals surface area (Å²) >= 11 is 0. The standard InChI is InChI=1S/C17H16NO2/c1-14(13-19)18(16-10-6-3-7-11-16)17(20)12-15-8-4-2-5-9-15/h2,4-11,13-14H,12H2,1H3/t14-/m1/s1. The van der Waals surface area contributed by atoms with E-state index in [4.69, 9.17) is 0 Å². The Bertz CT molecular complexity index is 566. The second-order valence-electron chi connectivity index (χ2n) is 4.56. The van der Waals surface area contributed by atoms with Crippen LogP contribution in [0.15, 0.2) is 54.6 Å². The Balaban J connectivity index is 2.23. The molecule has 0 aliphatic heterocycles. The molecule has 2 aromatic rings. The average molecular weight is 266 g/mol. The lowest BCUT2D eigenvalue weighted by Crippen LogP contribution is -2.40. The van der Waals surface area contributed by atoms with Crippen LogP contribution in [0.1, 0.15) is 12.5 Å². The van der Waals surface area contributed by atoms with Crippen LogP contribution in [-0.2, 0) is 16.0 Å². The predicted molar refractivity (Wildman–Crippen MR) is 78.4 cm³/mol. The molecule has 0 aromatic heterocycles. The van der Waals surface area contributed by atoms with Gasteiger partial charge in [-0.2, -0.15) is 0 Å². The second kappa shape index (κ2) is 6.66. The SMILES string of the molecule is C[C@H](C=O)N(C(=O)Cc1ccccc1)c1cc[c]cc1. The summed E-state index contributed by atoms with van der Waals surface area (Å²) in [4.78, 5) is 25.1. The van der Waals surface area contributed by atoms with Crippen LogP contribution in [0.4, 0.5) is 5.69 Å². The van der Waals surface area contributed by atoms with Gasteiger partial charge in [-0.1, -0.05) is 42.5 Å². The quantitative estimate of drug-likeness (QED) is 0.780. The van der Waals surface area contributed by atoms with Crippen LogP contribution >= 0.6 is 0 Å². The maximum absolute atomic E-state index is 12.5. The van der Waals surface area contributed by atoms with Crippen molar-refractivity contribution >= 4 is 17.9 Å². The van der Waals surface area contributed by atoms with Crippen molar-refractivity contribution in [1.29, 1.82) is 0 Å². The lowest BCUT2D eigenvalue weighted by molar-refractivity contribution is -0.120. The summed E-state index contributed by atoms with van der Waals surface area (Å²) < 4.78 is 0. The highest BCUT2D eigenvalue weighted by molar-refractivity contribution is 5.98. The Hall–Kier alpha value is -2.42. The Labute approximate surface area is 118 Å². The van der Waals surface area contributed by atoms with Crippen molar-refractivity contribution in [3.8, 4) is 0 Å². The van der Waals surface area contributed by atoms with Crippen LogP contribution < -0.4 is 4.90 Å². The number of aldehydes is 1. The molecule has 3 nitrogen and oxygen atoms in total. The van der Waals surface area contributed by atoms with E-state index in [1.165, 1.54) is 4.90 Å². The van der Waals surface area contributed by atoms with Gasteiger partial charge in [0.1, 0.15) is 6.29 Å². The van der Waals surface area contributed by atoms with E-state index in [-0.39, 0.29) is 12.3 Å². The third-order valence-corrected chi connectivity index (χ3v) is 3.05. The van der Waals surface area contributed by atoms with Gasteiger partial charge in [-0.05, 0) is 30.7 Å². The summed E-state index contributed by atoms with van der Waals surface area (Å²) in [6, 6.07) is 18.9. The largest absolute Gasteiger partial charge is 0.302 e. The number of anilines is 1. The van der Waals surface area contributed by atoms with Crippen molar-refractivity contribution in [2.24, 2.45) is 0 Å². The third kappa shape index (κ3) is 3.32. The molecule has 0 saturated heterocycles. The van der Waals surface area contributed by atoms with Crippen molar-refractivity contribution in [3.05, 3.63) is 66.2 Å². The Morgan fingerprint density at radius 2 is 1.85 bits per heavy atom. The number of carbonyl (C=O) groups is 2. The van der Waals surface area contributed by atoms with Gasteiger partial charge in [-0.25, -0.2) is 0 Å². The number of benzene rings is 2. The van der Waals surface area contributed by atoms with E-state index < -0.39 is 6.04 Å². The number of carbonyl (C=O) groups excluding carboxylic acids is 2. The van der Waals surface area contributed by atoms with Gasteiger partial charge in [0.2, 0.25) is 5.91 Å². The highest BCUT2D eigenvalue weighted by atomic mass is 16.2. The Kier molecular flexibility index (Phi) is 4.66. The minimum atomic E-state index is -0.492. The van der Waals surface area contributed by atoms with Gasteiger partial charge >= 0.3 is 0 Å². The fourth-order valence-electron chi connectivity index (χ4n) is 2.06. The molecular formula is C17H16NO2. The molecule has 0 heterocycles. The first-order valence-corrected chi connectivity index (χ1v) is 6.50. The number of rotatable bonds is 5. The number of hydrogen-bond donors (Lipinski definition) is 0. The first-order chi connectivity index (χ1) is 9.72. The predicted octanol–water partition coefficient (Wildman–Crippen LogP) is 2.65. The zero-order valence-corrected chi connectivity index (χ0v) is 11.3. The fourth-order valence-corrected chi connectivity index (χ4v) is 2.06. The maximum atomic E-state index is 12.5. The van der Waals surface area contributed by atoms with E-state index in [1.807, 2.05) is 30.3 Å². The van der Waals surface area contributed by atoms with E-state index >= 15 is 0 Å². The van der Waals surface area contributed by atoms with E-state index in [1.54, 1.807) is 31.2 Å². The van der Waals surface area contributed by atoms with Gasteiger partial charge in [-0.15, -0.1) is 0 Å². The van der Waals surface area contributed by atoms with Crippen molar-refractivity contribution in [1.82, 2.24) is 0 Å². The van der Waals surface area contributed by atoms with Crippen molar-refractivity contribution in [3.63, 3.8) is 0 Å². The molecule has 20 heavy (non-hydrogen) atoms. The monoisotopic (exact) mass is 266 g/mol. The number of nitrogens with zero attached hydrogens (tertiary/aromatic N) is 1. The molecule has 1 atom stereocenters. The molecule has 0 saturated carbocycles. The minimum absolute atomic E-state index is 0.0954. The summed E-state index contributed by atoms with van der Waals surface area (Å²) in [7, 11) is 0. The smallest absolute Gasteiger partial charge is 0.232 e. The maximum Gasteiger partial charge on any atom is 0.232 e. The normalized spacial score (nSPS) is 11.7. The number of hydrogen-bond acceptors (Lipinski definition) is 2. The summed E-state index contributed by atoms with van der Waals surface area (Å²) in [5.74, 6) is -0.0954. The van der Waals surface area contributed by atoms with Crippen LogP contribution in [0.5, 0.6) is 0 Å². The van der Waals surface area contributed by atoms with Gasteiger partial charge in [0.15, 0.2) is 0 Å². The molecule has 101 valence electrons. The van der Waals surface area contributed by atoms with E-state index in [0.29, 0.717) is 5.69 Å². The summed E-state index contributed by atoms with van der Waals surface area (Å²) in [5, 5.41) is 0. The Morgan fingerprint density at radius 1 is 1.20 bits per heavy atom. The number of amides is 1.